The summed E-state index contributed by atoms with van der Waals surface area (Å²) in [7, 11) is 0. The SMILES string of the molecule is CCC(C)Cc1cc(C(C)(C)C)cc(C(C)(C)C)c1O. The summed E-state index contributed by atoms with van der Waals surface area (Å²) in [5.74, 6) is 1.11. The van der Waals surface area contributed by atoms with Crippen molar-refractivity contribution >= 4 is 0 Å². The molecule has 0 spiro atoms. The normalized spacial score (nSPS) is 14.4. The number of hydrogen-bond donors (Lipinski definition) is 1. The van der Waals surface area contributed by atoms with E-state index in [1.807, 2.05) is 0 Å². The quantitative estimate of drug-likeness (QED) is 0.764. The third-order valence-electron chi connectivity index (χ3n) is 4.13. The maximum absolute atomic E-state index is 10.7. The van der Waals surface area contributed by atoms with Crippen LogP contribution < -0.4 is 0 Å². The number of rotatable bonds is 3. The maximum Gasteiger partial charge on any atom is 0.122 e. The molecule has 1 atom stereocenters. The molecule has 0 aliphatic heterocycles. The fraction of sp³-hybridized carbons (Fsp3) is 0.684. The van der Waals surface area contributed by atoms with E-state index in [4.69, 9.17) is 0 Å². The largest absolute Gasteiger partial charge is 0.507 e. The average Bonchev–Trinajstić information content (AvgIpc) is 2.28. The van der Waals surface area contributed by atoms with Gasteiger partial charge in [-0.3, -0.25) is 0 Å². The third-order valence-corrected chi connectivity index (χ3v) is 4.13. The lowest BCUT2D eigenvalue weighted by atomic mass is 9.78. The van der Waals surface area contributed by atoms with Crippen molar-refractivity contribution in [2.75, 3.05) is 0 Å². The molecule has 0 aliphatic rings. The highest BCUT2D eigenvalue weighted by atomic mass is 16.3. The molecule has 1 aromatic carbocycles. The van der Waals surface area contributed by atoms with Crippen LogP contribution in [-0.4, -0.2) is 5.11 Å². The van der Waals surface area contributed by atoms with Gasteiger partial charge in [-0.1, -0.05) is 73.9 Å². The zero-order valence-corrected chi connectivity index (χ0v) is 14.6. The van der Waals surface area contributed by atoms with Crippen molar-refractivity contribution in [2.24, 2.45) is 5.92 Å². The van der Waals surface area contributed by atoms with Crippen molar-refractivity contribution in [3.8, 4) is 5.75 Å². The molecule has 1 heteroatoms. The van der Waals surface area contributed by atoms with Crippen LogP contribution in [0.15, 0.2) is 12.1 Å². The number of phenols is 1. The van der Waals surface area contributed by atoms with E-state index >= 15 is 0 Å². The van der Waals surface area contributed by atoms with Gasteiger partial charge in [-0.05, 0) is 39.9 Å². The summed E-state index contributed by atoms with van der Waals surface area (Å²) in [6, 6.07) is 4.40. The monoisotopic (exact) mass is 276 g/mol. The summed E-state index contributed by atoms with van der Waals surface area (Å²) in [6.07, 6.45) is 2.10. The molecule has 0 aliphatic carbocycles. The molecule has 1 N–H and O–H groups in total. The van der Waals surface area contributed by atoms with E-state index < -0.39 is 0 Å². The first kappa shape index (κ1) is 17.1. The highest BCUT2D eigenvalue weighted by molar-refractivity contribution is 5.48. The van der Waals surface area contributed by atoms with E-state index in [0.717, 1.165) is 24.0 Å². The second-order valence-electron chi connectivity index (χ2n) is 8.25. The molecular formula is C19H32O. The first-order valence-corrected chi connectivity index (χ1v) is 7.83. The van der Waals surface area contributed by atoms with E-state index in [0.29, 0.717) is 11.7 Å². The van der Waals surface area contributed by atoms with Gasteiger partial charge in [0.1, 0.15) is 5.75 Å². The fourth-order valence-corrected chi connectivity index (χ4v) is 2.37. The van der Waals surface area contributed by atoms with Gasteiger partial charge < -0.3 is 5.11 Å². The van der Waals surface area contributed by atoms with Crippen LogP contribution >= 0.6 is 0 Å². The molecule has 0 radical (unpaired) electrons. The molecule has 1 aromatic rings. The Kier molecular flexibility index (Phi) is 4.94. The number of benzene rings is 1. The summed E-state index contributed by atoms with van der Waals surface area (Å²) in [5.41, 5.74) is 3.58. The third kappa shape index (κ3) is 4.01. The van der Waals surface area contributed by atoms with Crippen molar-refractivity contribution in [3.63, 3.8) is 0 Å². The molecule has 114 valence electrons. The topological polar surface area (TPSA) is 20.2 Å². The zero-order chi connectivity index (χ0) is 15.7. The number of phenolic OH excluding ortho intramolecular Hbond substituents is 1. The lowest BCUT2D eigenvalue weighted by molar-refractivity contribution is 0.430. The van der Waals surface area contributed by atoms with Crippen LogP contribution in [0.2, 0.25) is 0 Å². The van der Waals surface area contributed by atoms with Crippen molar-refractivity contribution < 1.29 is 5.11 Å². The van der Waals surface area contributed by atoms with Crippen LogP contribution in [0.4, 0.5) is 0 Å². The molecule has 1 nitrogen and oxygen atoms in total. The second kappa shape index (κ2) is 5.79. The minimum Gasteiger partial charge on any atom is -0.507 e. The van der Waals surface area contributed by atoms with Crippen LogP contribution in [0.3, 0.4) is 0 Å². The van der Waals surface area contributed by atoms with Gasteiger partial charge in [-0.15, -0.1) is 0 Å². The lowest BCUT2D eigenvalue weighted by Crippen LogP contribution is -2.18. The van der Waals surface area contributed by atoms with Crippen LogP contribution in [0.1, 0.15) is 78.5 Å². The Hall–Kier alpha value is -0.980. The first-order valence-electron chi connectivity index (χ1n) is 7.83. The Morgan fingerprint density at radius 2 is 1.55 bits per heavy atom. The molecular weight excluding hydrogens is 244 g/mol. The van der Waals surface area contributed by atoms with Crippen LogP contribution in [0.5, 0.6) is 5.75 Å². The van der Waals surface area contributed by atoms with E-state index in [2.05, 4.69) is 67.5 Å². The summed E-state index contributed by atoms with van der Waals surface area (Å²) in [5, 5.41) is 10.7. The van der Waals surface area contributed by atoms with Crippen LogP contribution in [0.25, 0.3) is 0 Å². The van der Waals surface area contributed by atoms with Gasteiger partial charge in [0.15, 0.2) is 0 Å². The summed E-state index contributed by atoms with van der Waals surface area (Å²) >= 11 is 0. The van der Waals surface area contributed by atoms with Gasteiger partial charge in [-0.2, -0.15) is 0 Å². The summed E-state index contributed by atoms with van der Waals surface area (Å²) in [6.45, 7) is 17.7. The minimum absolute atomic E-state index is 0.0322. The van der Waals surface area contributed by atoms with Crippen molar-refractivity contribution in [1.29, 1.82) is 0 Å². The number of aromatic hydroxyl groups is 1. The van der Waals surface area contributed by atoms with Crippen molar-refractivity contribution in [2.45, 2.75) is 79.1 Å². The zero-order valence-electron chi connectivity index (χ0n) is 14.6. The predicted octanol–water partition coefficient (Wildman–Crippen LogP) is 5.58. The maximum atomic E-state index is 10.7. The summed E-state index contributed by atoms with van der Waals surface area (Å²) < 4.78 is 0. The lowest BCUT2D eigenvalue weighted by Gasteiger charge is -2.28. The van der Waals surface area contributed by atoms with E-state index in [1.165, 1.54) is 5.56 Å². The van der Waals surface area contributed by atoms with Crippen molar-refractivity contribution in [3.05, 3.63) is 28.8 Å². The molecule has 0 fully saturated rings. The smallest absolute Gasteiger partial charge is 0.122 e. The first-order chi connectivity index (χ1) is 8.96. The van der Waals surface area contributed by atoms with Gasteiger partial charge in [-0.25, -0.2) is 0 Å². The Balaban J connectivity index is 3.43. The molecule has 20 heavy (non-hydrogen) atoms. The Morgan fingerprint density at radius 1 is 1.00 bits per heavy atom. The predicted molar refractivity (Wildman–Crippen MR) is 88.7 cm³/mol. The van der Waals surface area contributed by atoms with Crippen LogP contribution in [0, 0.1) is 5.92 Å². The second-order valence-corrected chi connectivity index (χ2v) is 8.25. The Morgan fingerprint density at radius 3 is 1.95 bits per heavy atom. The molecule has 0 aromatic heterocycles. The van der Waals surface area contributed by atoms with E-state index in [1.54, 1.807) is 0 Å². The molecule has 0 heterocycles. The highest BCUT2D eigenvalue weighted by Crippen LogP contribution is 2.38. The highest BCUT2D eigenvalue weighted by Gasteiger charge is 2.25. The van der Waals surface area contributed by atoms with Gasteiger partial charge >= 0.3 is 0 Å². The van der Waals surface area contributed by atoms with Crippen molar-refractivity contribution in [1.82, 2.24) is 0 Å². The average molecular weight is 276 g/mol. The molecule has 0 saturated carbocycles. The summed E-state index contributed by atoms with van der Waals surface area (Å²) in [4.78, 5) is 0. The standard InChI is InChI=1S/C19H32O/c1-9-13(2)10-14-11-15(18(3,4)5)12-16(17(14)20)19(6,7)8/h11-13,20H,9-10H2,1-8H3. The van der Waals surface area contributed by atoms with E-state index in [9.17, 15) is 5.11 Å². The Bertz CT molecular complexity index is 458. The molecule has 1 unspecified atom stereocenters. The van der Waals surface area contributed by atoms with Gasteiger partial charge in [0.25, 0.3) is 0 Å². The van der Waals surface area contributed by atoms with Crippen LogP contribution in [-0.2, 0) is 17.3 Å². The molecule has 0 amide bonds. The minimum atomic E-state index is -0.0322. The van der Waals surface area contributed by atoms with Gasteiger partial charge in [0.2, 0.25) is 0 Å². The van der Waals surface area contributed by atoms with E-state index in [-0.39, 0.29) is 10.8 Å². The van der Waals surface area contributed by atoms with Gasteiger partial charge in [0, 0.05) is 0 Å². The molecule has 1 rings (SSSR count). The molecule has 0 bridgehead atoms. The molecule has 0 saturated heterocycles. The fourth-order valence-electron chi connectivity index (χ4n) is 2.37. The Labute approximate surface area is 125 Å². The van der Waals surface area contributed by atoms with Gasteiger partial charge in [0.05, 0.1) is 0 Å². The number of hydrogen-bond acceptors (Lipinski definition) is 1.